The predicted molar refractivity (Wildman–Crippen MR) is 142 cm³/mol. The second-order valence-electron chi connectivity index (χ2n) is 10.1. The summed E-state index contributed by atoms with van der Waals surface area (Å²) in [6.07, 6.45) is 4.48. The van der Waals surface area contributed by atoms with Gasteiger partial charge in [-0.2, -0.15) is 4.80 Å². The fourth-order valence-corrected chi connectivity index (χ4v) is 6.16. The van der Waals surface area contributed by atoms with Crippen LogP contribution in [0.1, 0.15) is 45.1 Å². The number of aliphatic carboxylic acids is 1. The molecule has 2 saturated heterocycles. The molecule has 204 valence electrons. The molecule has 3 heterocycles. The van der Waals surface area contributed by atoms with Gasteiger partial charge in [-0.15, -0.1) is 35.0 Å². The summed E-state index contributed by atoms with van der Waals surface area (Å²) in [6.45, 7) is 4.43. The van der Waals surface area contributed by atoms with Crippen molar-refractivity contribution >= 4 is 36.8 Å². The number of carboxylic acid groups (broad SMARTS) is 1. The van der Waals surface area contributed by atoms with E-state index in [-0.39, 0.29) is 42.9 Å². The summed E-state index contributed by atoms with van der Waals surface area (Å²) in [5.74, 6) is 1.02. The van der Waals surface area contributed by atoms with Crippen LogP contribution in [0.25, 0.3) is 11.4 Å². The van der Waals surface area contributed by atoms with E-state index in [0.717, 1.165) is 37.9 Å². The Morgan fingerprint density at radius 2 is 1.89 bits per heavy atom. The quantitative estimate of drug-likeness (QED) is 0.497. The number of benzene rings is 1. The van der Waals surface area contributed by atoms with Gasteiger partial charge in [0.15, 0.2) is 0 Å². The summed E-state index contributed by atoms with van der Waals surface area (Å²) >= 11 is 0. The lowest BCUT2D eigenvalue weighted by Crippen LogP contribution is -2.50. The van der Waals surface area contributed by atoms with Gasteiger partial charge >= 0.3 is 11.9 Å². The summed E-state index contributed by atoms with van der Waals surface area (Å²) in [6, 6.07) is 8.91. The molecule has 3 aliphatic rings. The minimum Gasteiger partial charge on any atom is -0.480 e. The number of aromatic nitrogens is 4. The van der Waals surface area contributed by atoms with E-state index >= 15 is 0 Å². The van der Waals surface area contributed by atoms with Crippen molar-refractivity contribution in [2.24, 2.45) is 17.8 Å². The summed E-state index contributed by atoms with van der Waals surface area (Å²) in [5.41, 5.74) is 0.911. The highest BCUT2D eigenvalue weighted by Crippen LogP contribution is 2.40. The van der Waals surface area contributed by atoms with E-state index in [1.54, 1.807) is 4.80 Å². The van der Waals surface area contributed by atoms with Gasteiger partial charge in [0.2, 0.25) is 5.82 Å². The number of nitrogens with one attached hydrogen (secondary N) is 1. The summed E-state index contributed by atoms with van der Waals surface area (Å²) in [4.78, 5) is 28.2. The minimum absolute atomic E-state index is 0. The normalized spacial score (nSPS) is 29.4. The van der Waals surface area contributed by atoms with Gasteiger partial charge in [-0.1, -0.05) is 30.3 Å². The van der Waals surface area contributed by atoms with Crippen molar-refractivity contribution in [1.29, 1.82) is 0 Å². The number of fused-ring (bicyclic) bond motifs is 1. The molecule has 2 N–H and O–H groups in total. The monoisotopic (exact) mass is 554 g/mol. The smallest absolute Gasteiger partial charge is 0.323 e. The molecule has 3 fully saturated rings. The molecule has 1 saturated carbocycles. The van der Waals surface area contributed by atoms with Gasteiger partial charge in [-0.05, 0) is 68.5 Å². The van der Waals surface area contributed by atoms with Crippen LogP contribution in [0.4, 0.5) is 0 Å². The third-order valence-electron chi connectivity index (χ3n) is 7.93. The van der Waals surface area contributed by atoms with E-state index in [2.05, 4.69) is 25.6 Å². The second-order valence-corrected chi connectivity index (χ2v) is 10.1. The van der Waals surface area contributed by atoms with Crippen molar-refractivity contribution in [3.8, 4) is 11.4 Å². The molecule has 0 spiro atoms. The Bertz CT molecular complexity index is 1040. The van der Waals surface area contributed by atoms with Crippen molar-refractivity contribution in [2.75, 3.05) is 26.2 Å². The van der Waals surface area contributed by atoms with E-state index in [1.165, 1.54) is 0 Å². The number of halogens is 2. The molecule has 1 aliphatic carbocycles. The first-order valence-corrected chi connectivity index (χ1v) is 12.7. The summed E-state index contributed by atoms with van der Waals surface area (Å²) < 4.78 is 5.41. The Hall–Kier alpha value is -2.27. The molecule has 12 heteroatoms. The molecule has 2 aromatic rings. The lowest BCUT2D eigenvalue weighted by Gasteiger charge is -2.42. The van der Waals surface area contributed by atoms with Crippen molar-refractivity contribution in [3.63, 3.8) is 0 Å². The standard InChI is InChI=1S/C25H34N6O4.2ClH/c1-2-35-25(34)22-12-20(31-28-23(27-29-31)17-6-4-3-5-7-17)15-30(22)14-16-8-9-18-13-26-21(24(32)33)11-19(18)10-16;;/h3-7,16,18-22,26H,2,8-15H2,1H3,(H,32,33);2*1H/t16?,18-,19?,20-,21?,22-;;/m0../s1. The van der Waals surface area contributed by atoms with Crippen molar-refractivity contribution in [1.82, 2.24) is 30.4 Å². The fraction of sp³-hybridized carbons (Fsp3) is 0.640. The average molecular weight is 556 g/mol. The third kappa shape index (κ3) is 6.60. The first-order valence-electron chi connectivity index (χ1n) is 12.7. The molecule has 1 aromatic heterocycles. The zero-order chi connectivity index (χ0) is 24.4. The van der Waals surface area contributed by atoms with Crippen molar-refractivity contribution < 1.29 is 19.4 Å². The number of carbonyl (C=O) groups excluding carboxylic acids is 1. The van der Waals surface area contributed by atoms with Gasteiger partial charge in [0.1, 0.15) is 12.1 Å². The van der Waals surface area contributed by atoms with Crippen LogP contribution in [0.15, 0.2) is 30.3 Å². The lowest BCUT2D eigenvalue weighted by molar-refractivity contribution is -0.149. The van der Waals surface area contributed by atoms with Crippen molar-refractivity contribution in [2.45, 2.75) is 57.2 Å². The number of esters is 1. The van der Waals surface area contributed by atoms with Crippen LogP contribution < -0.4 is 5.32 Å². The number of hydrogen-bond donors (Lipinski definition) is 2. The van der Waals surface area contributed by atoms with Crippen LogP contribution in [0, 0.1) is 17.8 Å². The van der Waals surface area contributed by atoms with Gasteiger partial charge in [0.25, 0.3) is 0 Å². The highest BCUT2D eigenvalue weighted by atomic mass is 35.5. The van der Waals surface area contributed by atoms with E-state index in [1.807, 2.05) is 37.3 Å². The van der Waals surface area contributed by atoms with Crippen molar-refractivity contribution in [3.05, 3.63) is 30.3 Å². The Balaban J connectivity index is 0.00000190. The maximum Gasteiger partial charge on any atom is 0.323 e. The Morgan fingerprint density at radius 3 is 2.62 bits per heavy atom. The lowest BCUT2D eigenvalue weighted by atomic mass is 9.69. The van der Waals surface area contributed by atoms with Crippen LogP contribution in [0.3, 0.4) is 0 Å². The first kappa shape index (κ1) is 29.3. The van der Waals surface area contributed by atoms with Crippen LogP contribution in [0.2, 0.25) is 0 Å². The van der Waals surface area contributed by atoms with Gasteiger partial charge in [0, 0.05) is 18.7 Å². The van der Waals surface area contributed by atoms with Crippen LogP contribution in [-0.2, 0) is 14.3 Å². The fourth-order valence-electron chi connectivity index (χ4n) is 6.16. The zero-order valence-corrected chi connectivity index (χ0v) is 22.6. The molecule has 0 amide bonds. The first-order chi connectivity index (χ1) is 17.0. The molecule has 2 aliphatic heterocycles. The van der Waals surface area contributed by atoms with Crippen LogP contribution >= 0.6 is 24.8 Å². The van der Waals surface area contributed by atoms with Crippen LogP contribution in [-0.4, -0.2) is 80.5 Å². The second kappa shape index (κ2) is 13.0. The molecule has 3 unspecified atom stereocenters. The molecular weight excluding hydrogens is 519 g/mol. The molecule has 1 aromatic carbocycles. The SMILES string of the molecule is CCOC(=O)[C@@H]1C[C@H](n2nnc(-c3ccccc3)n2)CN1CC1CC[C@H]2CNC(C(=O)O)CC2C1.Cl.Cl. The number of rotatable bonds is 7. The largest absolute Gasteiger partial charge is 0.480 e. The number of piperidine rings is 1. The van der Waals surface area contributed by atoms with Gasteiger partial charge in [-0.3, -0.25) is 14.5 Å². The minimum atomic E-state index is -0.759. The summed E-state index contributed by atoms with van der Waals surface area (Å²) in [5, 5.41) is 25.8. The van der Waals surface area contributed by atoms with Gasteiger partial charge in [0.05, 0.1) is 12.6 Å². The molecule has 5 rings (SSSR count). The molecule has 6 atom stereocenters. The highest BCUT2D eigenvalue weighted by Gasteiger charge is 2.43. The van der Waals surface area contributed by atoms with Gasteiger partial charge in [-0.25, -0.2) is 0 Å². The molecule has 37 heavy (non-hydrogen) atoms. The van der Waals surface area contributed by atoms with E-state index in [9.17, 15) is 14.7 Å². The molecular formula is C25H36Cl2N6O4. The number of carboxylic acids is 1. The number of nitrogens with zero attached hydrogens (tertiary/aromatic N) is 5. The third-order valence-corrected chi connectivity index (χ3v) is 7.93. The summed E-state index contributed by atoms with van der Waals surface area (Å²) in [7, 11) is 0. The number of carbonyl (C=O) groups is 2. The Labute approximate surface area is 229 Å². The zero-order valence-electron chi connectivity index (χ0n) is 20.9. The topological polar surface area (TPSA) is 122 Å². The maximum atomic E-state index is 12.8. The number of ether oxygens (including phenoxy) is 1. The predicted octanol–water partition coefficient (Wildman–Crippen LogP) is 2.84. The molecule has 0 radical (unpaired) electrons. The van der Waals surface area contributed by atoms with E-state index < -0.39 is 12.0 Å². The average Bonchev–Trinajstić information content (AvgIpc) is 3.52. The van der Waals surface area contributed by atoms with E-state index in [0.29, 0.717) is 49.6 Å². The number of likely N-dealkylation sites (tertiary alicyclic amines) is 1. The van der Waals surface area contributed by atoms with Gasteiger partial charge < -0.3 is 15.2 Å². The maximum absolute atomic E-state index is 12.8. The number of tetrazole rings is 1. The Morgan fingerprint density at radius 1 is 1.11 bits per heavy atom. The molecule has 0 bridgehead atoms. The Kier molecular flexibility index (Phi) is 10.3. The van der Waals surface area contributed by atoms with E-state index in [4.69, 9.17) is 4.74 Å². The van der Waals surface area contributed by atoms with Crippen LogP contribution in [0.5, 0.6) is 0 Å². The molecule has 10 nitrogen and oxygen atoms in total. The highest BCUT2D eigenvalue weighted by molar-refractivity contribution is 5.85. The number of hydrogen-bond acceptors (Lipinski definition) is 8.